The Morgan fingerprint density at radius 2 is 1.85 bits per heavy atom. The second-order valence-electron chi connectivity index (χ2n) is 3.96. The van der Waals surface area contributed by atoms with Crippen LogP contribution >= 0.6 is 0 Å². The van der Waals surface area contributed by atoms with E-state index in [0.717, 1.165) is 11.1 Å². The first kappa shape index (κ1) is 10.0. The van der Waals surface area contributed by atoms with Crippen LogP contribution in [0.15, 0.2) is 36.9 Å². The smallest absolute Gasteiger partial charge is 0.0631 e. The van der Waals surface area contributed by atoms with E-state index in [2.05, 4.69) is 6.58 Å². The van der Waals surface area contributed by atoms with E-state index in [0.29, 0.717) is 6.42 Å². The Hall–Kier alpha value is -1.08. The minimum absolute atomic E-state index is 0.608. The van der Waals surface area contributed by atoms with Crippen molar-refractivity contribution in [1.29, 1.82) is 0 Å². The van der Waals surface area contributed by atoms with Gasteiger partial charge in [0.15, 0.2) is 0 Å². The van der Waals surface area contributed by atoms with Crippen LogP contribution in [0.4, 0.5) is 0 Å². The maximum absolute atomic E-state index is 9.59. The zero-order valence-electron chi connectivity index (χ0n) is 8.25. The zero-order chi connectivity index (χ0) is 9.90. The van der Waals surface area contributed by atoms with Crippen LogP contribution in [0, 0.1) is 0 Å². The Labute approximate surface area is 79.7 Å². The Morgan fingerprint density at radius 1 is 1.31 bits per heavy atom. The van der Waals surface area contributed by atoms with Crippen molar-refractivity contribution in [1.82, 2.24) is 0 Å². The Morgan fingerprint density at radius 3 is 2.31 bits per heavy atom. The lowest BCUT2D eigenvalue weighted by molar-refractivity contribution is 0.0864. The average Bonchev–Trinajstić information content (AvgIpc) is 2.03. The fourth-order valence-electron chi connectivity index (χ4n) is 1.30. The summed E-state index contributed by atoms with van der Waals surface area (Å²) in [5.41, 5.74) is 1.41. The monoisotopic (exact) mass is 176 g/mol. The molecule has 0 atom stereocenters. The number of benzene rings is 1. The molecule has 0 aliphatic carbocycles. The molecule has 1 aromatic rings. The highest BCUT2D eigenvalue weighted by molar-refractivity contribution is 5.63. The van der Waals surface area contributed by atoms with Crippen LogP contribution in [0.3, 0.4) is 0 Å². The summed E-state index contributed by atoms with van der Waals surface area (Å²) in [5.74, 6) is 0. The van der Waals surface area contributed by atoms with Crippen molar-refractivity contribution in [3.05, 3.63) is 42.5 Å². The fraction of sp³-hybridized carbons (Fsp3) is 0.333. The predicted octanol–water partition coefficient (Wildman–Crippen LogP) is 2.86. The van der Waals surface area contributed by atoms with Gasteiger partial charge in [0.25, 0.3) is 0 Å². The van der Waals surface area contributed by atoms with Gasteiger partial charge in [0.2, 0.25) is 0 Å². The summed E-state index contributed by atoms with van der Waals surface area (Å²) >= 11 is 0. The molecule has 0 spiro atoms. The number of rotatable bonds is 3. The standard InChI is InChI=1S/C12H16O/c1-10(9-12(2,3)13)11-7-5-4-6-8-11/h4-8,13H,1,9H2,2-3H3. The highest BCUT2D eigenvalue weighted by Crippen LogP contribution is 2.22. The van der Waals surface area contributed by atoms with Crippen molar-refractivity contribution in [2.75, 3.05) is 0 Å². The van der Waals surface area contributed by atoms with Crippen molar-refractivity contribution < 1.29 is 5.11 Å². The van der Waals surface area contributed by atoms with E-state index < -0.39 is 5.60 Å². The van der Waals surface area contributed by atoms with Gasteiger partial charge in [-0.3, -0.25) is 0 Å². The largest absolute Gasteiger partial charge is 0.390 e. The third kappa shape index (κ3) is 3.43. The first-order valence-electron chi connectivity index (χ1n) is 4.44. The highest BCUT2D eigenvalue weighted by atomic mass is 16.3. The maximum atomic E-state index is 9.59. The van der Waals surface area contributed by atoms with Gasteiger partial charge in [0, 0.05) is 6.42 Å². The summed E-state index contributed by atoms with van der Waals surface area (Å²) < 4.78 is 0. The molecule has 0 bridgehead atoms. The Bertz CT molecular complexity index is 280. The maximum Gasteiger partial charge on any atom is 0.0631 e. The summed E-state index contributed by atoms with van der Waals surface area (Å²) in [6.45, 7) is 7.54. The summed E-state index contributed by atoms with van der Waals surface area (Å²) in [6, 6.07) is 9.94. The molecular formula is C12H16O. The molecule has 0 aliphatic rings. The van der Waals surface area contributed by atoms with Gasteiger partial charge >= 0.3 is 0 Å². The van der Waals surface area contributed by atoms with Crippen molar-refractivity contribution in [3.63, 3.8) is 0 Å². The molecular weight excluding hydrogens is 160 g/mol. The van der Waals surface area contributed by atoms with Crippen molar-refractivity contribution >= 4 is 5.57 Å². The molecule has 0 saturated carbocycles. The molecule has 0 aromatic heterocycles. The molecule has 70 valence electrons. The van der Waals surface area contributed by atoms with E-state index in [9.17, 15) is 5.11 Å². The second-order valence-corrected chi connectivity index (χ2v) is 3.96. The number of hydrogen-bond donors (Lipinski definition) is 1. The minimum Gasteiger partial charge on any atom is -0.390 e. The van der Waals surface area contributed by atoms with Gasteiger partial charge < -0.3 is 5.11 Å². The van der Waals surface area contributed by atoms with Gasteiger partial charge in [-0.05, 0) is 25.0 Å². The molecule has 1 nitrogen and oxygen atoms in total. The minimum atomic E-state index is -0.674. The molecule has 0 radical (unpaired) electrons. The normalized spacial score (nSPS) is 11.3. The quantitative estimate of drug-likeness (QED) is 0.750. The van der Waals surface area contributed by atoms with Gasteiger partial charge in [-0.2, -0.15) is 0 Å². The summed E-state index contributed by atoms with van der Waals surface area (Å²) in [5, 5.41) is 9.59. The average molecular weight is 176 g/mol. The summed E-state index contributed by atoms with van der Waals surface area (Å²) in [4.78, 5) is 0. The van der Waals surface area contributed by atoms with Crippen LogP contribution in [-0.2, 0) is 0 Å². The fourth-order valence-corrected chi connectivity index (χ4v) is 1.30. The highest BCUT2D eigenvalue weighted by Gasteiger charge is 2.14. The van der Waals surface area contributed by atoms with Crippen LogP contribution in [-0.4, -0.2) is 10.7 Å². The molecule has 0 aliphatic heterocycles. The molecule has 0 unspecified atom stereocenters. The SMILES string of the molecule is C=C(CC(C)(C)O)c1ccccc1. The van der Waals surface area contributed by atoms with Crippen LogP contribution in [0.1, 0.15) is 25.8 Å². The van der Waals surface area contributed by atoms with Gasteiger partial charge in [-0.25, -0.2) is 0 Å². The number of aliphatic hydroxyl groups is 1. The zero-order valence-corrected chi connectivity index (χ0v) is 8.25. The lowest BCUT2D eigenvalue weighted by atomic mass is 9.95. The van der Waals surface area contributed by atoms with Crippen LogP contribution in [0.25, 0.3) is 5.57 Å². The van der Waals surface area contributed by atoms with Crippen molar-refractivity contribution in [2.24, 2.45) is 0 Å². The van der Waals surface area contributed by atoms with Gasteiger partial charge in [0.05, 0.1) is 5.60 Å². The second kappa shape index (κ2) is 3.75. The van der Waals surface area contributed by atoms with Crippen molar-refractivity contribution in [2.45, 2.75) is 25.9 Å². The molecule has 1 heteroatoms. The van der Waals surface area contributed by atoms with Gasteiger partial charge in [-0.1, -0.05) is 36.9 Å². The van der Waals surface area contributed by atoms with E-state index in [-0.39, 0.29) is 0 Å². The van der Waals surface area contributed by atoms with Crippen molar-refractivity contribution in [3.8, 4) is 0 Å². The first-order valence-corrected chi connectivity index (χ1v) is 4.44. The predicted molar refractivity (Wildman–Crippen MR) is 56.4 cm³/mol. The Balaban J connectivity index is 2.71. The van der Waals surface area contributed by atoms with E-state index in [4.69, 9.17) is 0 Å². The Kier molecular flexibility index (Phi) is 2.89. The molecule has 1 N–H and O–H groups in total. The van der Waals surface area contributed by atoms with E-state index >= 15 is 0 Å². The first-order chi connectivity index (χ1) is 5.99. The molecule has 13 heavy (non-hydrogen) atoms. The third-order valence-corrected chi connectivity index (χ3v) is 1.83. The lowest BCUT2D eigenvalue weighted by Gasteiger charge is -2.18. The summed E-state index contributed by atoms with van der Waals surface area (Å²) in [7, 11) is 0. The lowest BCUT2D eigenvalue weighted by Crippen LogP contribution is -2.18. The van der Waals surface area contributed by atoms with Crippen LogP contribution in [0.2, 0.25) is 0 Å². The molecule has 1 rings (SSSR count). The van der Waals surface area contributed by atoms with Crippen LogP contribution < -0.4 is 0 Å². The van der Waals surface area contributed by atoms with E-state index in [1.54, 1.807) is 13.8 Å². The summed E-state index contributed by atoms with van der Waals surface area (Å²) in [6.07, 6.45) is 0.608. The number of hydrogen-bond acceptors (Lipinski definition) is 1. The molecule has 0 fully saturated rings. The van der Waals surface area contributed by atoms with E-state index in [1.807, 2.05) is 30.3 Å². The third-order valence-electron chi connectivity index (χ3n) is 1.83. The molecule has 0 heterocycles. The van der Waals surface area contributed by atoms with Gasteiger partial charge in [0.1, 0.15) is 0 Å². The molecule has 0 amide bonds. The van der Waals surface area contributed by atoms with E-state index in [1.165, 1.54) is 0 Å². The molecule has 1 aromatic carbocycles. The van der Waals surface area contributed by atoms with Crippen LogP contribution in [0.5, 0.6) is 0 Å². The molecule has 0 saturated heterocycles. The van der Waals surface area contributed by atoms with Gasteiger partial charge in [-0.15, -0.1) is 0 Å². The topological polar surface area (TPSA) is 20.2 Å².